The summed E-state index contributed by atoms with van der Waals surface area (Å²) in [6.45, 7) is 0. The molecule has 0 fully saturated rings. The Morgan fingerprint density at radius 1 is 0.861 bits per heavy atom. The van der Waals surface area contributed by atoms with Gasteiger partial charge in [0.05, 0.1) is 46.9 Å². The molecule has 2 unspecified atom stereocenters. The Labute approximate surface area is 202 Å². The minimum absolute atomic E-state index is 0.498. The van der Waals surface area contributed by atoms with Crippen LogP contribution in [0.25, 0.3) is 0 Å². The number of hydrogen-bond donors (Lipinski definition) is 5. The predicted octanol–water partition coefficient (Wildman–Crippen LogP) is -1.53. The summed E-state index contributed by atoms with van der Waals surface area (Å²) in [6.07, 6.45) is -1.76. The lowest BCUT2D eigenvalue weighted by Crippen LogP contribution is -2.53. The molecule has 0 bridgehead atoms. The van der Waals surface area contributed by atoms with Gasteiger partial charge in [-0.3, -0.25) is 24.0 Å². The second kappa shape index (κ2) is 13.5. The van der Waals surface area contributed by atoms with Gasteiger partial charge in [-0.15, -0.1) is 0 Å². The zero-order valence-corrected chi connectivity index (χ0v) is 19.2. The molecule has 1 aromatic rings. The number of aliphatic hydroxyl groups is 2. The summed E-state index contributed by atoms with van der Waals surface area (Å²) < 4.78 is 17.5. The van der Waals surface area contributed by atoms with E-state index in [9.17, 15) is 43.8 Å². The number of Topliss-reactive ketones (excluding diaryl/α,β-unsaturated/α-hetero) is 1. The number of carboxylic acid groups (broad SMARTS) is 3. The van der Waals surface area contributed by atoms with Crippen LogP contribution in [0.3, 0.4) is 0 Å². The van der Waals surface area contributed by atoms with Gasteiger partial charge in [-0.25, -0.2) is 9.59 Å². The van der Waals surface area contributed by atoms with Gasteiger partial charge >= 0.3 is 35.8 Å². The van der Waals surface area contributed by atoms with Crippen LogP contribution in [-0.4, -0.2) is 99.7 Å². The van der Waals surface area contributed by atoms with Crippen molar-refractivity contribution in [2.24, 2.45) is 5.92 Å². The molecule has 0 aliphatic carbocycles. The Bertz CT molecular complexity index is 960. The zero-order chi connectivity index (χ0) is 28.3. The molecular weight excluding hydrogens is 496 g/mol. The Hall–Kier alpha value is -4.31. The quantitative estimate of drug-likeness (QED) is 0.0905. The first-order valence-corrected chi connectivity index (χ1v) is 9.52. The normalized spacial score (nSPS) is 13.0. The topological polar surface area (TPSA) is 261 Å². The third-order valence-corrected chi connectivity index (χ3v) is 4.44. The number of esters is 3. The van der Waals surface area contributed by atoms with Crippen molar-refractivity contribution in [3.05, 3.63) is 24.2 Å². The molecule has 2 atom stereocenters. The number of methoxy groups -OCH3 is 3. The van der Waals surface area contributed by atoms with Crippen molar-refractivity contribution < 1.29 is 77.7 Å². The van der Waals surface area contributed by atoms with Gasteiger partial charge in [-0.2, -0.15) is 0 Å². The number of ketones is 1. The van der Waals surface area contributed by atoms with Crippen molar-refractivity contribution >= 4 is 41.6 Å². The van der Waals surface area contributed by atoms with E-state index in [2.05, 4.69) is 18.6 Å². The molecule has 36 heavy (non-hydrogen) atoms. The van der Waals surface area contributed by atoms with Crippen LogP contribution in [-0.2, 0) is 43.0 Å². The summed E-state index contributed by atoms with van der Waals surface area (Å²) >= 11 is 0. The Morgan fingerprint density at radius 2 is 1.36 bits per heavy atom. The van der Waals surface area contributed by atoms with Crippen molar-refractivity contribution in [3.8, 4) is 0 Å². The SMILES string of the molecule is COC(=O)CC(O)(CC(=O)OC)C(=O)OC.O=C(O)CC(O)(C(=O)O)C(C(=O)O)C(=O)c1ccco1. The molecule has 0 aromatic carbocycles. The van der Waals surface area contributed by atoms with Gasteiger partial charge in [0, 0.05) is 0 Å². The molecule has 5 N–H and O–H groups in total. The molecule has 0 aliphatic heterocycles. The molecule has 16 heteroatoms. The summed E-state index contributed by atoms with van der Waals surface area (Å²) in [4.78, 5) is 77.8. The highest BCUT2D eigenvalue weighted by Gasteiger charge is 2.54. The van der Waals surface area contributed by atoms with Crippen LogP contribution in [0.15, 0.2) is 22.8 Å². The molecule has 1 heterocycles. The fourth-order valence-electron chi connectivity index (χ4n) is 2.64. The van der Waals surface area contributed by atoms with Gasteiger partial charge in [0.25, 0.3) is 0 Å². The van der Waals surface area contributed by atoms with E-state index < -0.39 is 83.7 Å². The Morgan fingerprint density at radius 3 is 1.67 bits per heavy atom. The highest BCUT2D eigenvalue weighted by Crippen LogP contribution is 2.27. The van der Waals surface area contributed by atoms with E-state index in [1.54, 1.807) is 0 Å². The van der Waals surface area contributed by atoms with E-state index >= 15 is 0 Å². The van der Waals surface area contributed by atoms with Gasteiger partial charge in [-0.05, 0) is 12.1 Å². The molecule has 1 rings (SSSR count). The number of carbonyl (C=O) groups is 7. The summed E-state index contributed by atoms with van der Waals surface area (Å²) in [7, 11) is 3.22. The number of furan rings is 1. The minimum atomic E-state index is -3.29. The maximum atomic E-state index is 11.9. The lowest BCUT2D eigenvalue weighted by molar-refractivity contribution is -0.175. The average Bonchev–Trinajstić information content (AvgIpc) is 3.32. The number of rotatable bonds is 12. The molecule has 0 radical (unpaired) electrons. The second-order valence-corrected chi connectivity index (χ2v) is 6.94. The molecule has 0 amide bonds. The van der Waals surface area contributed by atoms with Crippen LogP contribution in [0.5, 0.6) is 0 Å². The Balaban J connectivity index is 0.000000700. The largest absolute Gasteiger partial charge is 0.481 e. The minimum Gasteiger partial charge on any atom is -0.481 e. The van der Waals surface area contributed by atoms with Crippen molar-refractivity contribution in [1.29, 1.82) is 0 Å². The monoisotopic (exact) mass is 520 g/mol. The van der Waals surface area contributed by atoms with E-state index in [1.165, 1.54) is 6.07 Å². The molecule has 0 spiro atoms. The van der Waals surface area contributed by atoms with E-state index in [4.69, 9.17) is 15.3 Å². The van der Waals surface area contributed by atoms with Crippen molar-refractivity contribution in [2.45, 2.75) is 30.5 Å². The fraction of sp³-hybridized carbons (Fsp3) is 0.450. The molecule has 0 saturated carbocycles. The average molecular weight is 520 g/mol. The van der Waals surface area contributed by atoms with Gasteiger partial charge in [0.2, 0.25) is 5.78 Å². The lowest BCUT2D eigenvalue weighted by atomic mass is 9.81. The van der Waals surface area contributed by atoms with Crippen LogP contribution in [0.4, 0.5) is 0 Å². The maximum absolute atomic E-state index is 11.9. The number of carboxylic acids is 3. The standard InChI is InChI=1S/C11H10O9.C9H14O7/c12-6(13)4-11(19,10(17)18)7(9(15)16)8(14)5-2-1-3-20-5;1-14-6(10)4-9(13,8(12)16-3)5-7(11)15-2/h1-3,7,19H,4H2,(H,12,13)(H,15,16)(H,17,18);13H,4-5H2,1-3H3. The van der Waals surface area contributed by atoms with Crippen LogP contribution in [0.2, 0.25) is 0 Å². The van der Waals surface area contributed by atoms with E-state index in [0.29, 0.717) is 0 Å². The molecule has 200 valence electrons. The zero-order valence-electron chi connectivity index (χ0n) is 19.2. The number of hydrogen-bond acceptors (Lipinski definition) is 13. The third kappa shape index (κ3) is 8.48. The van der Waals surface area contributed by atoms with E-state index in [0.717, 1.165) is 33.7 Å². The van der Waals surface area contributed by atoms with Crippen LogP contribution in [0, 0.1) is 5.92 Å². The van der Waals surface area contributed by atoms with Crippen LogP contribution >= 0.6 is 0 Å². The van der Waals surface area contributed by atoms with Crippen molar-refractivity contribution in [3.63, 3.8) is 0 Å². The van der Waals surface area contributed by atoms with Gasteiger partial charge in [0.15, 0.2) is 22.9 Å². The van der Waals surface area contributed by atoms with Crippen molar-refractivity contribution in [2.75, 3.05) is 21.3 Å². The highest BCUT2D eigenvalue weighted by molar-refractivity contribution is 6.11. The molecule has 0 saturated heterocycles. The smallest absolute Gasteiger partial charge is 0.339 e. The van der Waals surface area contributed by atoms with E-state index in [-0.39, 0.29) is 0 Å². The lowest BCUT2D eigenvalue weighted by Gasteiger charge is -2.26. The fourth-order valence-corrected chi connectivity index (χ4v) is 2.64. The van der Waals surface area contributed by atoms with Crippen molar-refractivity contribution in [1.82, 2.24) is 0 Å². The summed E-state index contributed by atoms with van der Waals surface area (Å²) in [5.74, 6) is -13.0. The number of aliphatic carboxylic acids is 3. The second-order valence-electron chi connectivity index (χ2n) is 6.94. The Kier molecular flexibility index (Phi) is 11.9. The first-order chi connectivity index (χ1) is 16.6. The summed E-state index contributed by atoms with van der Waals surface area (Å²) in [5, 5.41) is 46.1. The molecular formula is C20H24O16. The van der Waals surface area contributed by atoms with Gasteiger partial charge < -0.3 is 44.2 Å². The van der Waals surface area contributed by atoms with Gasteiger partial charge in [0.1, 0.15) is 0 Å². The summed E-state index contributed by atoms with van der Waals surface area (Å²) in [6, 6.07) is 2.32. The van der Waals surface area contributed by atoms with Crippen LogP contribution in [0.1, 0.15) is 29.8 Å². The first kappa shape index (κ1) is 31.7. The molecule has 1 aromatic heterocycles. The third-order valence-electron chi connectivity index (χ3n) is 4.44. The maximum Gasteiger partial charge on any atom is 0.339 e. The number of carbonyl (C=O) groups excluding carboxylic acids is 4. The van der Waals surface area contributed by atoms with E-state index in [1.807, 2.05) is 0 Å². The van der Waals surface area contributed by atoms with Crippen LogP contribution < -0.4 is 0 Å². The highest BCUT2D eigenvalue weighted by atomic mass is 16.6. The molecule has 0 aliphatic rings. The first-order valence-electron chi connectivity index (χ1n) is 9.52. The van der Waals surface area contributed by atoms with Gasteiger partial charge in [-0.1, -0.05) is 0 Å². The number of ether oxygens (including phenoxy) is 3. The summed E-state index contributed by atoms with van der Waals surface area (Å²) in [5.41, 5.74) is -5.55. The molecule has 16 nitrogen and oxygen atoms in total. The predicted molar refractivity (Wildman–Crippen MR) is 109 cm³/mol.